The molecular formula is C18H22N2O3S. The van der Waals surface area contributed by atoms with Gasteiger partial charge in [-0.15, -0.1) is 0 Å². The van der Waals surface area contributed by atoms with Gasteiger partial charge in [0.25, 0.3) is 0 Å². The number of benzene rings is 2. The Balaban J connectivity index is 2.03. The van der Waals surface area contributed by atoms with Gasteiger partial charge in [-0.2, -0.15) is 0 Å². The maximum atomic E-state index is 12.3. The topological polar surface area (TPSA) is 66.5 Å². The summed E-state index contributed by atoms with van der Waals surface area (Å²) in [5.41, 5.74) is 2.85. The smallest absolute Gasteiger partial charge is 0.240 e. The number of hydrogen-bond donors (Lipinski definition) is 1. The number of sulfonamides is 1. The number of amides is 1. The molecular weight excluding hydrogens is 324 g/mol. The van der Waals surface area contributed by atoms with E-state index >= 15 is 0 Å². The molecule has 2 aromatic rings. The zero-order valence-electron chi connectivity index (χ0n) is 14.1. The highest BCUT2D eigenvalue weighted by Gasteiger charge is 2.16. The van der Waals surface area contributed by atoms with E-state index in [2.05, 4.69) is 4.72 Å². The first-order valence-corrected chi connectivity index (χ1v) is 9.19. The second kappa shape index (κ2) is 7.59. The maximum absolute atomic E-state index is 12.3. The van der Waals surface area contributed by atoms with Crippen LogP contribution in [0.25, 0.3) is 0 Å². The van der Waals surface area contributed by atoms with E-state index in [0.29, 0.717) is 0 Å². The van der Waals surface area contributed by atoms with E-state index in [-0.39, 0.29) is 23.9 Å². The van der Waals surface area contributed by atoms with Crippen LogP contribution in [-0.4, -0.2) is 27.4 Å². The second-order valence-corrected chi connectivity index (χ2v) is 7.48. The van der Waals surface area contributed by atoms with Crippen LogP contribution in [0.2, 0.25) is 0 Å². The van der Waals surface area contributed by atoms with Crippen molar-refractivity contribution in [2.75, 3.05) is 18.0 Å². The van der Waals surface area contributed by atoms with Gasteiger partial charge >= 0.3 is 0 Å². The van der Waals surface area contributed by atoms with Crippen molar-refractivity contribution in [2.24, 2.45) is 0 Å². The van der Waals surface area contributed by atoms with Crippen LogP contribution in [0.15, 0.2) is 53.4 Å². The van der Waals surface area contributed by atoms with E-state index in [4.69, 9.17) is 0 Å². The summed E-state index contributed by atoms with van der Waals surface area (Å²) in [5.74, 6) is -0.131. The minimum Gasteiger partial charge on any atom is -0.311 e. The summed E-state index contributed by atoms with van der Waals surface area (Å²) in [7, 11) is -3.58. The monoisotopic (exact) mass is 346 g/mol. The predicted molar refractivity (Wildman–Crippen MR) is 95.6 cm³/mol. The van der Waals surface area contributed by atoms with E-state index in [1.54, 1.807) is 29.2 Å². The third-order valence-corrected chi connectivity index (χ3v) is 5.16. The molecule has 0 fully saturated rings. The first-order valence-electron chi connectivity index (χ1n) is 7.71. The standard InChI is InChI=1S/C18H22N2O3S/c1-14-4-8-17(9-5-14)20(16(3)21)13-12-19-24(22,23)18-10-6-15(2)7-11-18/h4-11,19H,12-13H2,1-3H3. The fourth-order valence-electron chi connectivity index (χ4n) is 2.29. The van der Waals surface area contributed by atoms with Crippen molar-refractivity contribution in [2.45, 2.75) is 25.7 Å². The van der Waals surface area contributed by atoms with Crippen molar-refractivity contribution >= 4 is 21.6 Å². The third-order valence-electron chi connectivity index (χ3n) is 3.68. The number of nitrogens with zero attached hydrogens (tertiary/aromatic N) is 1. The molecule has 1 N–H and O–H groups in total. The highest BCUT2D eigenvalue weighted by Crippen LogP contribution is 2.15. The Morgan fingerprint density at radius 1 is 0.958 bits per heavy atom. The van der Waals surface area contributed by atoms with Crippen LogP contribution in [-0.2, 0) is 14.8 Å². The van der Waals surface area contributed by atoms with Crippen LogP contribution in [0.4, 0.5) is 5.69 Å². The van der Waals surface area contributed by atoms with Crippen molar-refractivity contribution < 1.29 is 13.2 Å². The van der Waals surface area contributed by atoms with Crippen LogP contribution in [0.1, 0.15) is 18.1 Å². The van der Waals surface area contributed by atoms with Crippen molar-refractivity contribution in [3.63, 3.8) is 0 Å². The molecule has 0 unspecified atom stereocenters. The van der Waals surface area contributed by atoms with Crippen molar-refractivity contribution in [3.05, 3.63) is 59.7 Å². The van der Waals surface area contributed by atoms with Gasteiger partial charge in [-0.3, -0.25) is 4.79 Å². The van der Waals surface area contributed by atoms with E-state index in [0.717, 1.165) is 16.8 Å². The molecule has 0 spiro atoms. The van der Waals surface area contributed by atoms with Gasteiger partial charge in [0.1, 0.15) is 0 Å². The van der Waals surface area contributed by atoms with Crippen molar-refractivity contribution in [1.82, 2.24) is 4.72 Å². The largest absolute Gasteiger partial charge is 0.311 e. The minimum absolute atomic E-state index is 0.131. The van der Waals surface area contributed by atoms with Crippen molar-refractivity contribution in [3.8, 4) is 0 Å². The van der Waals surface area contributed by atoms with Crippen LogP contribution in [0.5, 0.6) is 0 Å². The normalized spacial score (nSPS) is 11.3. The number of hydrogen-bond acceptors (Lipinski definition) is 3. The summed E-state index contributed by atoms with van der Waals surface area (Å²) in [5, 5.41) is 0. The lowest BCUT2D eigenvalue weighted by Crippen LogP contribution is -2.37. The lowest BCUT2D eigenvalue weighted by molar-refractivity contribution is -0.116. The van der Waals surface area contributed by atoms with Crippen LogP contribution in [0, 0.1) is 13.8 Å². The van der Waals surface area contributed by atoms with Gasteiger partial charge in [0.15, 0.2) is 0 Å². The Labute approximate surface area is 143 Å². The van der Waals surface area contributed by atoms with Crippen LogP contribution < -0.4 is 9.62 Å². The molecule has 0 heterocycles. The zero-order valence-corrected chi connectivity index (χ0v) is 14.9. The number of nitrogens with one attached hydrogen (secondary N) is 1. The number of anilines is 1. The fraction of sp³-hybridized carbons (Fsp3) is 0.278. The second-order valence-electron chi connectivity index (χ2n) is 5.72. The average molecular weight is 346 g/mol. The molecule has 6 heteroatoms. The molecule has 0 aliphatic heterocycles. The van der Waals surface area contributed by atoms with E-state index < -0.39 is 10.0 Å². The zero-order chi connectivity index (χ0) is 17.7. The Kier molecular flexibility index (Phi) is 5.75. The van der Waals surface area contributed by atoms with Gasteiger partial charge in [-0.05, 0) is 38.1 Å². The molecule has 1 amide bonds. The number of aryl methyl sites for hydroxylation is 2. The summed E-state index contributed by atoms with van der Waals surface area (Å²) in [6.07, 6.45) is 0. The molecule has 2 aromatic carbocycles. The molecule has 0 atom stereocenters. The Morgan fingerprint density at radius 2 is 1.46 bits per heavy atom. The molecule has 0 aromatic heterocycles. The molecule has 0 saturated carbocycles. The first kappa shape index (κ1) is 18.2. The van der Waals surface area contributed by atoms with Gasteiger partial charge < -0.3 is 4.90 Å². The van der Waals surface area contributed by atoms with E-state index in [9.17, 15) is 13.2 Å². The quantitative estimate of drug-likeness (QED) is 0.874. The summed E-state index contributed by atoms with van der Waals surface area (Å²) in [6, 6.07) is 14.2. The number of rotatable bonds is 6. The lowest BCUT2D eigenvalue weighted by Gasteiger charge is -2.21. The lowest BCUT2D eigenvalue weighted by atomic mass is 10.2. The maximum Gasteiger partial charge on any atom is 0.240 e. The molecule has 0 bridgehead atoms. The molecule has 0 aliphatic rings. The first-order chi connectivity index (χ1) is 11.3. The Bertz CT molecular complexity index is 797. The van der Waals surface area contributed by atoms with E-state index in [1.807, 2.05) is 38.1 Å². The van der Waals surface area contributed by atoms with Crippen LogP contribution >= 0.6 is 0 Å². The molecule has 0 radical (unpaired) electrons. The summed E-state index contributed by atoms with van der Waals surface area (Å²) in [6.45, 7) is 5.75. The van der Waals surface area contributed by atoms with Gasteiger partial charge in [0, 0.05) is 25.7 Å². The van der Waals surface area contributed by atoms with Gasteiger partial charge in [-0.1, -0.05) is 35.4 Å². The molecule has 24 heavy (non-hydrogen) atoms. The Morgan fingerprint density at radius 3 is 1.96 bits per heavy atom. The summed E-state index contributed by atoms with van der Waals surface area (Å²) >= 11 is 0. The minimum atomic E-state index is -3.58. The molecule has 0 saturated heterocycles. The molecule has 2 rings (SSSR count). The third kappa shape index (κ3) is 4.66. The summed E-state index contributed by atoms with van der Waals surface area (Å²) in [4.78, 5) is 13.6. The number of carbonyl (C=O) groups is 1. The molecule has 0 aliphatic carbocycles. The van der Waals surface area contributed by atoms with Gasteiger partial charge in [0.05, 0.1) is 4.90 Å². The van der Waals surface area contributed by atoms with Crippen molar-refractivity contribution in [1.29, 1.82) is 0 Å². The SMILES string of the molecule is CC(=O)N(CCNS(=O)(=O)c1ccc(C)cc1)c1ccc(C)cc1. The van der Waals surface area contributed by atoms with Gasteiger partial charge in [-0.25, -0.2) is 13.1 Å². The van der Waals surface area contributed by atoms with Crippen LogP contribution in [0.3, 0.4) is 0 Å². The van der Waals surface area contributed by atoms with Gasteiger partial charge in [0.2, 0.25) is 15.9 Å². The fourth-order valence-corrected chi connectivity index (χ4v) is 3.31. The number of carbonyl (C=O) groups excluding carboxylic acids is 1. The highest BCUT2D eigenvalue weighted by molar-refractivity contribution is 7.89. The molecule has 128 valence electrons. The summed E-state index contributed by atoms with van der Waals surface area (Å²) < 4.78 is 27.1. The average Bonchev–Trinajstić information content (AvgIpc) is 2.53. The Hall–Kier alpha value is -2.18. The van der Waals surface area contributed by atoms with E-state index in [1.165, 1.54) is 6.92 Å². The predicted octanol–water partition coefficient (Wildman–Crippen LogP) is 2.63. The molecule has 5 nitrogen and oxygen atoms in total. The highest BCUT2D eigenvalue weighted by atomic mass is 32.2.